The predicted octanol–water partition coefficient (Wildman–Crippen LogP) is 4.16. The van der Waals surface area contributed by atoms with Crippen LogP contribution in [0.15, 0.2) is 47.5 Å². The maximum Gasteiger partial charge on any atom is 0.193 e. The number of anilines is 1. The van der Waals surface area contributed by atoms with Crippen LogP contribution in [0.1, 0.15) is 23.4 Å². The number of aliphatic imine (C=N–C) groups is 1. The number of aromatic amines is 1. The molecule has 0 atom stereocenters. The van der Waals surface area contributed by atoms with Crippen LogP contribution in [0.5, 0.6) is 0 Å². The molecule has 0 fully saturated rings. The van der Waals surface area contributed by atoms with Gasteiger partial charge in [0.25, 0.3) is 0 Å². The van der Waals surface area contributed by atoms with Crippen LogP contribution in [0, 0.1) is 13.8 Å². The number of H-pyrrole nitrogens is 1. The molecule has 0 saturated heterocycles. The summed E-state index contributed by atoms with van der Waals surface area (Å²) in [6, 6.07) is 14.3. The Hall–Kier alpha value is -2.09. The second-order valence-electron chi connectivity index (χ2n) is 6.07. The minimum atomic E-state index is 0. The van der Waals surface area contributed by atoms with E-state index in [9.17, 15) is 0 Å². The molecular formula is C19H24IN5. The van der Waals surface area contributed by atoms with Crippen LogP contribution in [0.2, 0.25) is 0 Å². The predicted molar refractivity (Wildman–Crippen MR) is 116 cm³/mol. The number of nitrogens with one attached hydrogen (secondary N) is 2. The van der Waals surface area contributed by atoms with Gasteiger partial charge >= 0.3 is 0 Å². The number of nitrogens with zero attached hydrogens (tertiary/aromatic N) is 2. The number of rotatable bonds is 5. The molecule has 0 spiro atoms. The lowest BCUT2D eigenvalue weighted by molar-refractivity contribution is 0.796. The first-order valence-electron chi connectivity index (χ1n) is 8.19. The summed E-state index contributed by atoms with van der Waals surface area (Å²) in [4.78, 5) is 12.3. The SMILES string of the molecule is Cc1cc(C)cc(NC(N)=NCCCc2nc3ccccc3[nH]2)c1.I. The van der Waals surface area contributed by atoms with Crippen LogP contribution in [0.25, 0.3) is 11.0 Å². The number of aromatic nitrogens is 2. The Morgan fingerprint density at radius 1 is 1.16 bits per heavy atom. The molecule has 0 saturated carbocycles. The highest BCUT2D eigenvalue weighted by atomic mass is 127. The smallest absolute Gasteiger partial charge is 0.193 e. The topological polar surface area (TPSA) is 79.1 Å². The van der Waals surface area contributed by atoms with E-state index in [0.29, 0.717) is 12.5 Å². The maximum atomic E-state index is 5.96. The number of halogens is 1. The average molecular weight is 449 g/mol. The van der Waals surface area contributed by atoms with Crippen molar-refractivity contribution in [1.82, 2.24) is 9.97 Å². The van der Waals surface area contributed by atoms with Gasteiger partial charge in [0.05, 0.1) is 11.0 Å². The van der Waals surface area contributed by atoms with Crippen LogP contribution < -0.4 is 11.1 Å². The largest absolute Gasteiger partial charge is 0.370 e. The van der Waals surface area contributed by atoms with Crippen molar-refractivity contribution in [1.29, 1.82) is 0 Å². The first kappa shape index (κ1) is 19.2. The maximum absolute atomic E-state index is 5.96. The summed E-state index contributed by atoms with van der Waals surface area (Å²) in [6.45, 7) is 4.80. The molecule has 3 rings (SSSR count). The van der Waals surface area contributed by atoms with Crippen molar-refractivity contribution in [3.8, 4) is 0 Å². The third-order valence-corrected chi connectivity index (χ3v) is 3.79. The Kier molecular flexibility index (Phi) is 6.81. The molecular weight excluding hydrogens is 425 g/mol. The van der Waals surface area contributed by atoms with E-state index in [-0.39, 0.29) is 24.0 Å². The quantitative estimate of drug-likeness (QED) is 0.237. The van der Waals surface area contributed by atoms with Gasteiger partial charge in [0.2, 0.25) is 0 Å². The Bertz CT molecular complexity index is 816. The van der Waals surface area contributed by atoms with Gasteiger partial charge < -0.3 is 16.0 Å². The van der Waals surface area contributed by atoms with Crippen molar-refractivity contribution in [2.75, 3.05) is 11.9 Å². The molecule has 0 aliphatic carbocycles. The second-order valence-corrected chi connectivity index (χ2v) is 6.07. The van der Waals surface area contributed by atoms with Crippen molar-refractivity contribution in [3.63, 3.8) is 0 Å². The fraction of sp³-hybridized carbons (Fsp3) is 0.263. The molecule has 0 aliphatic heterocycles. The number of hydrogen-bond acceptors (Lipinski definition) is 2. The van der Waals surface area contributed by atoms with E-state index in [0.717, 1.165) is 35.4 Å². The third kappa shape index (κ3) is 5.45. The Balaban J connectivity index is 0.00000225. The van der Waals surface area contributed by atoms with Gasteiger partial charge in [-0.15, -0.1) is 24.0 Å². The standard InChI is InChI=1S/C19H23N5.HI/c1-13-10-14(2)12-15(11-13)22-19(20)21-9-5-8-18-23-16-6-3-4-7-17(16)24-18;/h3-4,6-7,10-12H,5,8-9H2,1-2H3,(H,23,24)(H3,20,21,22);1H. The highest BCUT2D eigenvalue weighted by Crippen LogP contribution is 2.13. The van der Waals surface area contributed by atoms with E-state index >= 15 is 0 Å². The Labute approximate surface area is 165 Å². The fourth-order valence-corrected chi connectivity index (χ4v) is 2.80. The molecule has 0 bridgehead atoms. The summed E-state index contributed by atoms with van der Waals surface area (Å²) in [5, 5.41) is 3.15. The van der Waals surface area contributed by atoms with Gasteiger partial charge in [0.1, 0.15) is 5.82 Å². The van der Waals surface area contributed by atoms with Gasteiger partial charge in [0, 0.05) is 18.7 Å². The summed E-state index contributed by atoms with van der Waals surface area (Å²) in [7, 11) is 0. The van der Waals surface area contributed by atoms with Gasteiger partial charge in [-0.3, -0.25) is 4.99 Å². The number of nitrogens with two attached hydrogens (primary N) is 1. The van der Waals surface area contributed by atoms with Crippen molar-refractivity contribution in [2.24, 2.45) is 10.7 Å². The van der Waals surface area contributed by atoms with Crippen LogP contribution >= 0.6 is 24.0 Å². The monoisotopic (exact) mass is 449 g/mol. The molecule has 132 valence electrons. The lowest BCUT2D eigenvalue weighted by Gasteiger charge is -2.07. The molecule has 2 aromatic carbocycles. The minimum absolute atomic E-state index is 0. The van der Waals surface area contributed by atoms with Crippen molar-refractivity contribution in [3.05, 3.63) is 59.4 Å². The Morgan fingerprint density at radius 3 is 2.60 bits per heavy atom. The van der Waals surface area contributed by atoms with Crippen LogP contribution in [-0.4, -0.2) is 22.5 Å². The molecule has 0 radical (unpaired) electrons. The minimum Gasteiger partial charge on any atom is -0.370 e. The summed E-state index contributed by atoms with van der Waals surface area (Å²) < 4.78 is 0. The number of aryl methyl sites for hydroxylation is 3. The summed E-state index contributed by atoms with van der Waals surface area (Å²) in [6.07, 6.45) is 1.75. The summed E-state index contributed by atoms with van der Waals surface area (Å²) in [5.74, 6) is 1.44. The van der Waals surface area contributed by atoms with Gasteiger partial charge in [-0.05, 0) is 55.7 Å². The van der Waals surface area contributed by atoms with E-state index in [2.05, 4.69) is 52.3 Å². The molecule has 3 aromatic rings. The molecule has 25 heavy (non-hydrogen) atoms. The van der Waals surface area contributed by atoms with Crippen LogP contribution in [-0.2, 0) is 6.42 Å². The van der Waals surface area contributed by atoms with Gasteiger partial charge in [-0.2, -0.15) is 0 Å². The lowest BCUT2D eigenvalue weighted by atomic mass is 10.1. The number of hydrogen-bond donors (Lipinski definition) is 3. The van der Waals surface area contributed by atoms with E-state index < -0.39 is 0 Å². The molecule has 5 nitrogen and oxygen atoms in total. The first-order valence-corrected chi connectivity index (χ1v) is 8.19. The summed E-state index contributed by atoms with van der Waals surface area (Å²) >= 11 is 0. The van der Waals surface area contributed by atoms with E-state index in [1.165, 1.54) is 11.1 Å². The van der Waals surface area contributed by atoms with Crippen LogP contribution in [0.3, 0.4) is 0 Å². The van der Waals surface area contributed by atoms with Gasteiger partial charge in [0.15, 0.2) is 5.96 Å². The van der Waals surface area contributed by atoms with Gasteiger partial charge in [-0.1, -0.05) is 18.2 Å². The molecule has 6 heteroatoms. The second kappa shape index (κ2) is 8.84. The van der Waals surface area contributed by atoms with Crippen molar-refractivity contribution in [2.45, 2.75) is 26.7 Å². The fourth-order valence-electron chi connectivity index (χ4n) is 2.80. The van der Waals surface area contributed by atoms with E-state index in [1.807, 2.05) is 24.3 Å². The number of benzene rings is 2. The Morgan fingerprint density at radius 2 is 1.88 bits per heavy atom. The first-order chi connectivity index (χ1) is 11.6. The zero-order valence-electron chi connectivity index (χ0n) is 14.5. The zero-order valence-corrected chi connectivity index (χ0v) is 16.9. The zero-order chi connectivity index (χ0) is 16.9. The molecule has 0 aliphatic rings. The highest BCUT2D eigenvalue weighted by molar-refractivity contribution is 14.0. The third-order valence-electron chi connectivity index (χ3n) is 3.79. The molecule has 0 unspecified atom stereocenters. The summed E-state index contributed by atoms with van der Waals surface area (Å²) in [5.41, 5.74) is 11.4. The van der Waals surface area contributed by atoms with E-state index in [1.54, 1.807) is 0 Å². The van der Waals surface area contributed by atoms with Crippen molar-refractivity contribution >= 4 is 46.7 Å². The van der Waals surface area contributed by atoms with Crippen LogP contribution in [0.4, 0.5) is 5.69 Å². The molecule has 0 amide bonds. The normalized spacial score (nSPS) is 11.4. The number of imidazole rings is 1. The number of fused-ring (bicyclic) bond motifs is 1. The highest BCUT2D eigenvalue weighted by Gasteiger charge is 2.02. The van der Waals surface area contributed by atoms with Crippen molar-refractivity contribution < 1.29 is 0 Å². The molecule has 1 heterocycles. The molecule has 4 N–H and O–H groups in total. The number of guanidine groups is 1. The number of para-hydroxylation sites is 2. The van der Waals surface area contributed by atoms with E-state index in [4.69, 9.17) is 5.73 Å². The molecule has 1 aromatic heterocycles. The lowest BCUT2D eigenvalue weighted by Crippen LogP contribution is -2.23. The average Bonchev–Trinajstić information content (AvgIpc) is 2.93. The van der Waals surface area contributed by atoms with Gasteiger partial charge in [-0.25, -0.2) is 4.98 Å².